The van der Waals surface area contributed by atoms with E-state index in [1.165, 1.54) is 38.7 Å². The van der Waals surface area contributed by atoms with Gasteiger partial charge in [0.05, 0.1) is 43.1 Å². The van der Waals surface area contributed by atoms with Gasteiger partial charge in [-0.05, 0) is 49.7 Å². The number of benzene rings is 2. The number of carbonyl (C=O) groups is 2. The van der Waals surface area contributed by atoms with E-state index >= 15 is 0 Å². The Hall–Kier alpha value is -4.53. The Morgan fingerprint density at radius 1 is 1.00 bits per heavy atom. The normalized spacial score (nSPS) is 10.6. The summed E-state index contributed by atoms with van der Waals surface area (Å²) in [6, 6.07) is 15.6. The van der Waals surface area contributed by atoms with Crippen molar-refractivity contribution in [3.8, 4) is 17.2 Å². The largest absolute Gasteiger partial charge is 0.493 e. The van der Waals surface area contributed by atoms with Crippen molar-refractivity contribution in [3.05, 3.63) is 89.1 Å². The monoisotopic (exact) mass is 475 g/mol. The maximum Gasteiger partial charge on any atom is 0.340 e. The van der Waals surface area contributed by atoms with Crippen molar-refractivity contribution in [2.24, 2.45) is 0 Å². The summed E-state index contributed by atoms with van der Waals surface area (Å²) in [6.07, 6.45) is 1.39. The number of nitrogens with one attached hydrogen (secondary N) is 1. The van der Waals surface area contributed by atoms with Crippen LogP contribution in [-0.4, -0.2) is 35.9 Å². The van der Waals surface area contributed by atoms with Crippen molar-refractivity contribution >= 4 is 17.6 Å². The number of rotatable bonds is 8. The van der Waals surface area contributed by atoms with E-state index in [0.717, 1.165) is 22.6 Å². The quantitative estimate of drug-likeness (QED) is 0.368. The van der Waals surface area contributed by atoms with Crippen molar-refractivity contribution in [3.63, 3.8) is 0 Å². The van der Waals surface area contributed by atoms with Crippen molar-refractivity contribution in [2.75, 3.05) is 19.5 Å². The molecule has 35 heavy (non-hydrogen) atoms. The lowest BCUT2D eigenvalue weighted by Gasteiger charge is -2.15. The topological polar surface area (TPSA) is 105 Å². The molecule has 2 heterocycles. The fourth-order valence-electron chi connectivity index (χ4n) is 3.59. The van der Waals surface area contributed by atoms with E-state index in [-0.39, 0.29) is 23.6 Å². The number of methoxy groups -OCH3 is 2. The highest BCUT2D eigenvalue weighted by molar-refractivity contribution is 6.07. The molecule has 0 aliphatic heterocycles. The van der Waals surface area contributed by atoms with Gasteiger partial charge in [0, 0.05) is 17.8 Å². The molecule has 1 amide bonds. The fourth-order valence-corrected chi connectivity index (χ4v) is 3.59. The molecular weight excluding hydrogens is 450 g/mol. The average Bonchev–Trinajstić information content (AvgIpc) is 3.52. The third kappa shape index (κ3) is 5.19. The van der Waals surface area contributed by atoms with Crippen LogP contribution < -0.4 is 14.8 Å². The number of aryl methyl sites for hydroxylation is 2. The summed E-state index contributed by atoms with van der Waals surface area (Å²) in [5.74, 6) is -0.385. The number of aromatic nitrogens is 2. The molecule has 2 aromatic carbocycles. The van der Waals surface area contributed by atoms with Crippen LogP contribution in [-0.2, 0) is 11.3 Å². The number of amides is 1. The van der Waals surface area contributed by atoms with Crippen LogP contribution in [0.25, 0.3) is 5.69 Å². The zero-order valence-electron chi connectivity index (χ0n) is 19.8. The lowest BCUT2D eigenvalue weighted by atomic mass is 10.1. The zero-order chi connectivity index (χ0) is 24.9. The smallest absolute Gasteiger partial charge is 0.340 e. The number of furan rings is 1. The first kappa shape index (κ1) is 23.6. The summed E-state index contributed by atoms with van der Waals surface area (Å²) in [5.41, 5.74) is 3.99. The molecule has 2 aromatic heterocycles. The molecule has 0 unspecified atom stereocenters. The van der Waals surface area contributed by atoms with Crippen molar-refractivity contribution in [2.45, 2.75) is 20.5 Å². The highest BCUT2D eigenvalue weighted by atomic mass is 16.5. The Morgan fingerprint density at radius 2 is 1.71 bits per heavy atom. The van der Waals surface area contributed by atoms with Crippen molar-refractivity contribution < 1.29 is 28.2 Å². The molecule has 0 radical (unpaired) electrons. The van der Waals surface area contributed by atoms with Gasteiger partial charge in [0.2, 0.25) is 0 Å². The number of carbonyl (C=O) groups excluding carboxylic acids is 2. The first-order chi connectivity index (χ1) is 16.9. The third-order valence-corrected chi connectivity index (χ3v) is 5.30. The van der Waals surface area contributed by atoms with E-state index in [4.69, 9.17) is 18.6 Å². The molecule has 9 heteroatoms. The van der Waals surface area contributed by atoms with Gasteiger partial charge >= 0.3 is 5.97 Å². The summed E-state index contributed by atoms with van der Waals surface area (Å²) in [6.45, 7) is 3.97. The molecule has 0 aliphatic carbocycles. The van der Waals surface area contributed by atoms with Crippen molar-refractivity contribution in [1.29, 1.82) is 0 Å². The second kappa shape index (κ2) is 10.2. The van der Waals surface area contributed by atoms with E-state index in [1.54, 1.807) is 6.07 Å². The number of hydrogen-bond donors (Lipinski definition) is 1. The summed E-state index contributed by atoms with van der Waals surface area (Å²) >= 11 is 0. The minimum Gasteiger partial charge on any atom is -0.493 e. The average molecular weight is 476 g/mol. The molecule has 0 spiro atoms. The number of hydrogen-bond acceptors (Lipinski definition) is 7. The predicted octanol–water partition coefficient (Wildman–Crippen LogP) is 4.71. The molecule has 4 aromatic rings. The van der Waals surface area contributed by atoms with Gasteiger partial charge in [0.1, 0.15) is 6.61 Å². The van der Waals surface area contributed by atoms with Gasteiger partial charge in [0.15, 0.2) is 17.3 Å². The standard InChI is InChI=1S/C26H25N3O6/c1-16-12-17(2)29(28-16)19-9-7-18(8-10-19)15-35-26(31)20-13-23(32-3)24(33-4)14-21(20)27-25(30)22-6-5-11-34-22/h5-14H,15H2,1-4H3,(H,27,30). The van der Waals surface area contributed by atoms with Gasteiger partial charge in [-0.1, -0.05) is 12.1 Å². The maximum absolute atomic E-state index is 13.0. The molecule has 9 nitrogen and oxygen atoms in total. The molecule has 1 N–H and O–H groups in total. The third-order valence-electron chi connectivity index (χ3n) is 5.30. The molecule has 0 aliphatic rings. The van der Waals surface area contributed by atoms with Crippen LogP contribution in [0.15, 0.2) is 65.3 Å². The summed E-state index contributed by atoms with van der Waals surface area (Å²) in [7, 11) is 2.92. The lowest BCUT2D eigenvalue weighted by Crippen LogP contribution is -2.16. The van der Waals surface area contributed by atoms with Crippen LogP contribution in [0.4, 0.5) is 5.69 Å². The number of nitrogens with zero attached hydrogens (tertiary/aromatic N) is 2. The molecule has 0 saturated heterocycles. The van der Waals surface area contributed by atoms with Crippen LogP contribution in [0.1, 0.15) is 37.9 Å². The van der Waals surface area contributed by atoms with Gasteiger partial charge < -0.3 is 23.9 Å². The van der Waals surface area contributed by atoms with Gasteiger partial charge in [-0.3, -0.25) is 4.79 Å². The van der Waals surface area contributed by atoms with E-state index in [1.807, 2.05) is 48.9 Å². The summed E-state index contributed by atoms with van der Waals surface area (Å²) in [5, 5.41) is 7.15. The zero-order valence-corrected chi connectivity index (χ0v) is 19.8. The second-order valence-electron chi connectivity index (χ2n) is 7.77. The predicted molar refractivity (Wildman–Crippen MR) is 128 cm³/mol. The van der Waals surface area contributed by atoms with Crippen LogP contribution >= 0.6 is 0 Å². The molecule has 0 saturated carbocycles. The van der Waals surface area contributed by atoms with Crippen molar-refractivity contribution in [1.82, 2.24) is 9.78 Å². The van der Waals surface area contributed by atoms with Crippen LogP contribution in [0.2, 0.25) is 0 Å². The minimum atomic E-state index is -0.636. The van der Waals surface area contributed by atoms with Gasteiger partial charge in [-0.2, -0.15) is 5.10 Å². The maximum atomic E-state index is 13.0. The SMILES string of the molecule is COc1cc(NC(=O)c2ccco2)c(C(=O)OCc2ccc(-n3nc(C)cc3C)cc2)cc1OC. The van der Waals surface area contributed by atoms with Gasteiger partial charge in [0.25, 0.3) is 5.91 Å². The van der Waals surface area contributed by atoms with E-state index < -0.39 is 11.9 Å². The van der Waals surface area contributed by atoms with E-state index in [9.17, 15) is 9.59 Å². The first-order valence-corrected chi connectivity index (χ1v) is 10.8. The highest BCUT2D eigenvalue weighted by Crippen LogP contribution is 2.34. The first-order valence-electron chi connectivity index (χ1n) is 10.8. The lowest BCUT2D eigenvalue weighted by molar-refractivity contribution is 0.0473. The molecular formula is C26H25N3O6. The molecule has 0 atom stereocenters. The second-order valence-corrected chi connectivity index (χ2v) is 7.77. The Kier molecular flexibility index (Phi) is 6.86. The van der Waals surface area contributed by atoms with E-state index in [2.05, 4.69) is 10.4 Å². The van der Waals surface area contributed by atoms with Crippen LogP contribution in [0, 0.1) is 13.8 Å². The molecule has 180 valence electrons. The fraction of sp³-hybridized carbons (Fsp3) is 0.192. The number of ether oxygens (including phenoxy) is 3. The number of anilines is 1. The van der Waals surface area contributed by atoms with E-state index in [0.29, 0.717) is 11.5 Å². The van der Waals surface area contributed by atoms with Crippen LogP contribution in [0.3, 0.4) is 0 Å². The Morgan fingerprint density at radius 3 is 2.31 bits per heavy atom. The molecule has 0 bridgehead atoms. The highest BCUT2D eigenvalue weighted by Gasteiger charge is 2.21. The molecule has 4 rings (SSSR count). The van der Waals surface area contributed by atoms with Gasteiger partial charge in [-0.15, -0.1) is 0 Å². The minimum absolute atomic E-state index is 0.0378. The summed E-state index contributed by atoms with van der Waals surface area (Å²) in [4.78, 5) is 25.5. The Balaban J connectivity index is 1.52. The Labute approximate surface area is 202 Å². The van der Waals surface area contributed by atoms with Gasteiger partial charge in [-0.25, -0.2) is 9.48 Å². The Bertz CT molecular complexity index is 1340. The summed E-state index contributed by atoms with van der Waals surface area (Å²) < 4.78 is 23.2. The molecule has 0 fully saturated rings. The number of esters is 1. The van der Waals surface area contributed by atoms with Crippen LogP contribution in [0.5, 0.6) is 11.5 Å².